The maximum atomic E-state index is 14.8. The lowest BCUT2D eigenvalue weighted by atomic mass is 9.78. The summed E-state index contributed by atoms with van der Waals surface area (Å²) in [5.74, 6) is -1.93. The van der Waals surface area contributed by atoms with Crippen molar-refractivity contribution in [3.8, 4) is 0 Å². The molecule has 2 heterocycles. The van der Waals surface area contributed by atoms with E-state index >= 15 is 0 Å². The SMILES string of the molecule is O=C(NC1N[C@@]2(c3cc(Br)ccc3F)CO[C@H](C(=O)O)[C@H]2CS1)c1ccccc1. The summed E-state index contributed by atoms with van der Waals surface area (Å²) in [5.41, 5.74) is -0.782. The van der Waals surface area contributed by atoms with Gasteiger partial charge in [0.05, 0.1) is 12.1 Å². The monoisotopic (exact) mass is 480 g/mol. The van der Waals surface area contributed by atoms with Gasteiger partial charge in [0.15, 0.2) is 6.10 Å². The summed E-state index contributed by atoms with van der Waals surface area (Å²) >= 11 is 4.73. The van der Waals surface area contributed by atoms with Crippen LogP contribution in [0.2, 0.25) is 0 Å². The van der Waals surface area contributed by atoms with E-state index in [0.717, 1.165) is 0 Å². The van der Waals surface area contributed by atoms with Crippen LogP contribution in [0.5, 0.6) is 0 Å². The molecule has 9 heteroatoms. The van der Waals surface area contributed by atoms with Gasteiger partial charge >= 0.3 is 5.97 Å². The first-order chi connectivity index (χ1) is 13.9. The van der Waals surface area contributed by atoms with Gasteiger partial charge in [0.1, 0.15) is 11.3 Å². The number of carbonyl (C=O) groups excluding carboxylic acids is 1. The quantitative estimate of drug-likeness (QED) is 0.623. The summed E-state index contributed by atoms with van der Waals surface area (Å²) in [7, 11) is 0. The fourth-order valence-electron chi connectivity index (χ4n) is 3.86. The van der Waals surface area contributed by atoms with Crippen LogP contribution in [-0.4, -0.2) is 40.9 Å². The molecule has 0 aromatic heterocycles. The van der Waals surface area contributed by atoms with Gasteiger partial charge in [-0.05, 0) is 30.3 Å². The van der Waals surface area contributed by atoms with E-state index in [1.54, 1.807) is 36.4 Å². The minimum absolute atomic E-state index is 0.0136. The van der Waals surface area contributed by atoms with E-state index < -0.39 is 34.8 Å². The molecule has 6 nitrogen and oxygen atoms in total. The molecule has 0 saturated carbocycles. The number of rotatable bonds is 4. The number of ether oxygens (including phenoxy) is 1. The summed E-state index contributed by atoms with van der Waals surface area (Å²) in [6.07, 6.45) is -1.06. The van der Waals surface area contributed by atoms with Crippen LogP contribution in [0.25, 0.3) is 0 Å². The first-order valence-corrected chi connectivity index (χ1v) is 10.8. The van der Waals surface area contributed by atoms with Crippen molar-refractivity contribution < 1.29 is 23.8 Å². The number of carboxylic acid groups (broad SMARTS) is 1. The average Bonchev–Trinajstić information content (AvgIpc) is 3.10. The Balaban J connectivity index is 1.66. The Bertz CT molecular complexity index is 947. The second-order valence-corrected chi connectivity index (χ2v) is 9.02. The molecule has 0 spiro atoms. The standard InChI is InChI=1S/C20H18BrFN2O4S/c21-12-6-7-15(22)13(8-12)20-10-28-16(18(26)27)14(20)9-29-19(24-20)23-17(25)11-4-2-1-3-5-11/h1-8,14,16,19,24H,9-10H2,(H,23,25)(H,26,27)/t14-,16+,19?,20-/m1/s1. The molecular formula is C20H18BrFN2O4S. The maximum absolute atomic E-state index is 14.8. The minimum Gasteiger partial charge on any atom is -0.479 e. The zero-order valence-corrected chi connectivity index (χ0v) is 17.5. The molecule has 29 heavy (non-hydrogen) atoms. The third kappa shape index (κ3) is 3.79. The van der Waals surface area contributed by atoms with Crippen LogP contribution in [0.1, 0.15) is 15.9 Å². The van der Waals surface area contributed by atoms with Crippen LogP contribution in [0.15, 0.2) is 53.0 Å². The molecule has 4 atom stereocenters. The molecule has 1 unspecified atom stereocenters. The van der Waals surface area contributed by atoms with Gasteiger partial charge < -0.3 is 15.2 Å². The molecule has 2 aromatic carbocycles. The van der Waals surface area contributed by atoms with Crippen LogP contribution >= 0.6 is 27.7 Å². The normalized spacial score (nSPS) is 28.6. The predicted octanol–water partition coefficient (Wildman–Crippen LogP) is 2.93. The number of halogens is 2. The van der Waals surface area contributed by atoms with E-state index in [-0.39, 0.29) is 12.5 Å². The molecule has 2 aliphatic heterocycles. The van der Waals surface area contributed by atoms with Crippen molar-refractivity contribution in [2.24, 2.45) is 5.92 Å². The van der Waals surface area contributed by atoms with Gasteiger partial charge in [0.2, 0.25) is 0 Å². The second-order valence-electron chi connectivity index (χ2n) is 6.97. The molecular weight excluding hydrogens is 463 g/mol. The first kappa shape index (κ1) is 20.3. The number of amides is 1. The van der Waals surface area contributed by atoms with Crippen molar-refractivity contribution in [2.75, 3.05) is 12.4 Å². The molecule has 0 aliphatic carbocycles. The molecule has 1 amide bonds. The number of hydrogen-bond acceptors (Lipinski definition) is 5. The lowest BCUT2D eigenvalue weighted by molar-refractivity contribution is -0.148. The number of carboxylic acids is 1. The summed E-state index contributed by atoms with van der Waals surface area (Å²) in [4.78, 5) is 24.3. The van der Waals surface area contributed by atoms with Crippen molar-refractivity contribution in [3.63, 3.8) is 0 Å². The van der Waals surface area contributed by atoms with Crippen molar-refractivity contribution in [1.29, 1.82) is 0 Å². The number of aliphatic carboxylic acids is 1. The van der Waals surface area contributed by atoms with Crippen molar-refractivity contribution in [2.45, 2.75) is 17.1 Å². The number of benzene rings is 2. The highest BCUT2D eigenvalue weighted by atomic mass is 79.9. The van der Waals surface area contributed by atoms with Crippen LogP contribution in [0.4, 0.5) is 4.39 Å². The molecule has 2 saturated heterocycles. The molecule has 2 aliphatic rings. The highest BCUT2D eigenvalue weighted by Crippen LogP contribution is 2.46. The highest BCUT2D eigenvalue weighted by Gasteiger charge is 2.57. The Hall–Kier alpha value is -1.94. The molecule has 2 aromatic rings. The molecule has 152 valence electrons. The number of carbonyl (C=O) groups is 2. The smallest absolute Gasteiger partial charge is 0.333 e. The van der Waals surface area contributed by atoms with E-state index in [2.05, 4.69) is 26.6 Å². The van der Waals surface area contributed by atoms with E-state index in [4.69, 9.17) is 4.74 Å². The van der Waals surface area contributed by atoms with Gasteiger partial charge in [-0.25, -0.2) is 9.18 Å². The molecule has 2 fully saturated rings. The zero-order chi connectivity index (χ0) is 20.6. The van der Waals surface area contributed by atoms with Gasteiger partial charge in [0, 0.05) is 27.3 Å². The molecule has 4 rings (SSSR count). The highest BCUT2D eigenvalue weighted by molar-refractivity contribution is 9.10. The van der Waals surface area contributed by atoms with E-state index in [9.17, 15) is 19.1 Å². The van der Waals surface area contributed by atoms with Gasteiger partial charge in [-0.2, -0.15) is 0 Å². The number of fused-ring (bicyclic) bond motifs is 1. The third-order valence-electron chi connectivity index (χ3n) is 5.27. The molecule has 3 N–H and O–H groups in total. The zero-order valence-electron chi connectivity index (χ0n) is 15.1. The molecule has 0 bridgehead atoms. The Kier molecular flexibility index (Phi) is 5.65. The number of hydrogen-bond donors (Lipinski definition) is 3. The predicted molar refractivity (Wildman–Crippen MR) is 110 cm³/mol. The fraction of sp³-hybridized carbons (Fsp3) is 0.300. The second kappa shape index (κ2) is 8.06. The minimum atomic E-state index is -1.08. The van der Waals surface area contributed by atoms with Crippen molar-refractivity contribution in [3.05, 3.63) is 69.9 Å². The summed E-state index contributed by atoms with van der Waals surface area (Å²) in [6.45, 7) is -0.0136. The van der Waals surface area contributed by atoms with Gasteiger partial charge in [-0.1, -0.05) is 34.1 Å². The van der Waals surface area contributed by atoms with E-state index in [0.29, 0.717) is 21.4 Å². The first-order valence-electron chi connectivity index (χ1n) is 8.96. The largest absolute Gasteiger partial charge is 0.479 e. The van der Waals surface area contributed by atoms with Crippen molar-refractivity contribution in [1.82, 2.24) is 10.6 Å². The molecule has 0 radical (unpaired) electrons. The van der Waals surface area contributed by atoms with Gasteiger partial charge in [-0.15, -0.1) is 11.8 Å². The van der Waals surface area contributed by atoms with E-state index in [1.165, 1.54) is 17.8 Å². The lowest BCUT2D eigenvalue weighted by Gasteiger charge is -2.43. The van der Waals surface area contributed by atoms with Crippen LogP contribution in [0, 0.1) is 11.7 Å². The third-order valence-corrected chi connectivity index (χ3v) is 6.88. The summed E-state index contributed by atoms with van der Waals surface area (Å²) in [6, 6.07) is 13.3. The Morgan fingerprint density at radius 2 is 2.03 bits per heavy atom. The van der Waals surface area contributed by atoms with Gasteiger partial charge in [-0.3, -0.25) is 10.1 Å². The van der Waals surface area contributed by atoms with Crippen LogP contribution in [-0.2, 0) is 15.1 Å². The Morgan fingerprint density at radius 1 is 1.28 bits per heavy atom. The van der Waals surface area contributed by atoms with Crippen LogP contribution in [0.3, 0.4) is 0 Å². The summed E-state index contributed by atoms with van der Waals surface area (Å²) < 4.78 is 21.1. The Morgan fingerprint density at radius 3 is 2.76 bits per heavy atom. The number of thioether (sulfide) groups is 1. The van der Waals surface area contributed by atoms with Crippen LogP contribution < -0.4 is 10.6 Å². The topological polar surface area (TPSA) is 87.7 Å². The van der Waals surface area contributed by atoms with Gasteiger partial charge in [0.25, 0.3) is 5.91 Å². The summed E-state index contributed by atoms with van der Waals surface area (Å²) in [5, 5.41) is 15.7. The Labute approximate surface area is 179 Å². The number of nitrogens with one attached hydrogen (secondary N) is 2. The van der Waals surface area contributed by atoms with E-state index in [1.807, 2.05) is 6.07 Å². The average molecular weight is 481 g/mol. The van der Waals surface area contributed by atoms with Crippen molar-refractivity contribution >= 4 is 39.6 Å². The fourth-order valence-corrected chi connectivity index (χ4v) is 5.57. The lowest BCUT2D eigenvalue weighted by Crippen LogP contribution is -2.62. The maximum Gasteiger partial charge on any atom is 0.333 e.